The van der Waals surface area contributed by atoms with Crippen molar-refractivity contribution in [1.82, 2.24) is 5.32 Å². The second-order valence-corrected chi connectivity index (χ2v) is 5.66. The first-order valence-electron chi connectivity index (χ1n) is 6.64. The van der Waals surface area contributed by atoms with E-state index in [9.17, 15) is 4.79 Å². The predicted octanol–water partition coefficient (Wildman–Crippen LogP) is 2.18. The molecule has 0 aromatic heterocycles. The molecule has 2 rings (SSSR count). The fraction of sp³-hybridized carbons (Fsp3) is 0.533. The number of carbonyl (C=O) groups is 1. The number of carbonyl (C=O) groups excluding carboxylic acids is 1. The minimum absolute atomic E-state index is 0.0274. The molecule has 104 valence electrons. The summed E-state index contributed by atoms with van der Waals surface area (Å²) >= 11 is 0. The van der Waals surface area contributed by atoms with Gasteiger partial charge in [-0.25, -0.2) is 0 Å². The van der Waals surface area contributed by atoms with Gasteiger partial charge in [-0.3, -0.25) is 4.79 Å². The summed E-state index contributed by atoms with van der Waals surface area (Å²) in [4.78, 5) is 12.4. The van der Waals surface area contributed by atoms with Gasteiger partial charge in [-0.15, -0.1) is 0 Å². The van der Waals surface area contributed by atoms with Gasteiger partial charge < -0.3 is 15.8 Å². The van der Waals surface area contributed by atoms with E-state index < -0.39 is 0 Å². The highest BCUT2D eigenvalue weighted by Crippen LogP contribution is 2.26. The van der Waals surface area contributed by atoms with Crippen LogP contribution in [0, 0.1) is 13.8 Å². The van der Waals surface area contributed by atoms with Crippen LogP contribution in [0.5, 0.6) is 0 Å². The molecule has 0 aliphatic carbocycles. The number of hydrogen-bond donors (Lipinski definition) is 2. The second-order valence-electron chi connectivity index (χ2n) is 5.66. The molecule has 1 aliphatic heterocycles. The second kappa shape index (κ2) is 4.85. The third-order valence-corrected chi connectivity index (χ3v) is 4.14. The molecule has 0 spiro atoms. The summed E-state index contributed by atoms with van der Waals surface area (Å²) in [5, 5.41) is 3.09. The highest BCUT2D eigenvalue weighted by Gasteiger charge is 2.38. The molecule has 1 aromatic rings. The molecule has 0 radical (unpaired) electrons. The summed E-state index contributed by atoms with van der Waals surface area (Å²) in [5.74, 6) is -0.0796. The van der Waals surface area contributed by atoms with Gasteiger partial charge >= 0.3 is 0 Å². The number of rotatable bonds is 2. The molecule has 1 amide bonds. The zero-order valence-corrected chi connectivity index (χ0v) is 12.0. The van der Waals surface area contributed by atoms with Crippen LogP contribution in [0.25, 0.3) is 0 Å². The van der Waals surface area contributed by atoms with Crippen LogP contribution in [0.3, 0.4) is 0 Å². The third-order valence-electron chi connectivity index (χ3n) is 4.14. The van der Waals surface area contributed by atoms with Gasteiger partial charge in [0.25, 0.3) is 5.91 Å². The molecule has 1 aliphatic rings. The Labute approximate surface area is 114 Å². The Balaban J connectivity index is 2.23. The Morgan fingerprint density at radius 2 is 2.11 bits per heavy atom. The van der Waals surface area contributed by atoms with E-state index in [1.54, 1.807) is 6.07 Å². The van der Waals surface area contributed by atoms with Crippen LogP contribution in [0.2, 0.25) is 0 Å². The summed E-state index contributed by atoms with van der Waals surface area (Å²) in [7, 11) is 0. The topological polar surface area (TPSA) is 64.3 Å². The third kappa shape index (κ3) is 2.59. The predicted molar refractivity (Wildman–Crippen MR) is 76.2 cm³/mol. The minimum atomic E-state index is -0.302. The first kappa shape index (κ1) is 13.9. The van der Waals surface area contributed by atoms with Gasteiger partial charge in [0.05, 0.1) is 11.6 Å². The maximum Gasteiger partial charge on any atom is 0.252 e. The zero-order valence-electron chi connectivity index (χ0n) is 12.0. The van der Waals surface area contributed by atoms with E-state index in [0.717, 1.165) is 17.5 Å². The molecular weight excluding hydrogens is 240 g/mol. The average Bonchev–Trinajstić information content (AvgIpc) is 2.64. The van der Waals surface area contributed by atoms with Gasteiger partial charge in [0.15, 0.2) is 0 Å². The van der Waals surface area contributed by atoms with Gasteiger partial charge in [-0.2, -0.15) is 0 Å². The Morgan fingerprint density at radius 3 is 2.68 bits per heavy atom. The molecule has 2 atom stereocenters. The fourth-order valence-corrected chi connectivity index (χ4v) is 2.44. The van der Waals surface area contributed by atoms with E-state index in [1.807, 2.05) is 33.8 Å². The van der Waals surface area contributed by atoms with Crippen molar-refractivity contribution in [2.75, 3.05) is 12.3 Å². The number of hydrogen-bond acceptors (Lipinski definition) is 3. The molecule has 1 aromatic carbocycles. The lowest BCUT2D eigenvalue weighted by Crippen LogP contribution is -2.50. The molecule has 1 heterocycles. The molecule has 0 bridgehead atoms. The average molecular weight is 262 g/mol. The molecule has 3 N–H and O–H groups in total. The van der Waals surface area contributed by atoms with E-state index in [1.165, 1.54) is 0 Å². The maximum atomic E-state index is 12.4. The van der Waals surface area contributed by atoms with Crippen molar-refractivity contribution in [3.8, 4) is 0 Å². The van der Waals surface area contributed by atoms with Gasteiger partial charge in [0.2, 0.25) is 0 Å². The Hall–Kier alpha value is -1.55. The van der Waals surface area contributed by atoms with Crippen molar-refractivity contribution < 1.29 is 9.53 Å². The van der Waals surface area contributed by atoms with E-state index in [4.69, 9.17) is 10.5 Å². The lowest BCUT2D eigenvalue weighted by molar-refractivity contribution is 0.0727. The number of ether oxygens (including phenoxy) is 1. The van der Waals surface area contributed by atoms with Crippen LogP contribution in [-0.4, -0.2) is 24.2 Å². The van der Waals surface area contributed by atoms with E-state index in [-0.39, 0.29) is 17.6 Å². The first-order valence-corrected chi connectivity index (χ1v) is 6.64. The quantitative estimate of drug-likeness (QED) is 0.803. The summed E-state index contributed by atoms with van der Waals surface area (Å²) < 4.78 is 5.54. The Morgan fingerprint density at radius 1 is 1.42 bits per heavy atom. The fourth-order valence-electron chi connectivity index (χ4n) is 2.44. The van der Waals surface area contributed by atoms with E-state index in [2.05, 4.69) is 5.32 Å². The number of anilines is 1. The van der Waals surface area contributed by atoms with Crippen LogP contribution in [0.15, 0.2) is 12.1 Å². The molecular formula is C15H22N2O2. The molecule has 19 heavy (non-hydrogen) atoms. The number of amides is 1. The molecule has 4 heteroatoms. The highest BCUT2D eigenvalue weighted by molar-refractivity contribution is 5.97. The van der Waals surface area contributed by atoms with Gasteiger partial charge in [0.1, 0.15) is 0 Å². The van der Waals surface area contributed by atoms with Crippen molar-refractivity contribution in [1.29, 1.82) is 0 Å². The molecule has 1 saturated heterocycles. The van der Waals surface area contributed by atoms with Gasteiger partial charge in [-0.1, -0.05) is 6.07 Å². The zero-order chi connectivity index (χ0) is 14.2. The Bertz CT molecular complexity index is 513. The standard InChI is InChI=1S/C15H22N2O2/c1-9-7-10(2)13(16)8-12(9)14(18)17-15(4)5-6-19-11(15)3/h7-8,11H,5-6,16H2,1-4H3,(H,17,18). The van der Waals surface area contributed by atoms with E-state index >= 15 is 0 Å². The van der Waals surface area contributed by atoms with Crippen LogP contribution in [0.1, 0.15) is 41.8 Å². The largest absolute Gasteiger partial charge is 0.398 e. The number of nitrogens with one attached hydrogen (secondary N) is 1. The lowest BCUT2D eigenvalue weighted by atomic mass is 9.93. The summed E-state index contributed by atoms with van der Waals surface area (Å²) in [6.07, 6.45) is 0.861. The van der Waals surface area contributed by atoms with Crippen molar-refractivity contribution in [3.05, 3.63) is 28.8 Å². The van der Waals surface area contributed by atoms with Crippen LogP contribution >= 0.6 is 0 Å². The summed E-state index contributed by atoms with van der Waals surface area (Å²) in [6.45, 7) is 8.57. The maximum absolute atomic E-state index is 12.4. The summed E-state index contributed by atoms with van der Waals surface area (Å²) in [5.41, 5.74) is 8.82. The first-order chi connectivity index (χ1) is 8.83. The molecule has 1 fully saturated rings. The normalized spacial score (nSPS) is 26.4. The van der Waals surface area contributed by atoms with Crippen molar-refractivity contribution >= 4 is 11.6 Å². The molecule has 2 unspecified atom stereocenters. The Kier molecular flexibility index (Phi) is 3.54. The van der Waals surface area contributed by atoms with Crippen LogP contribution in [-0.2, 0) is 4.74 Å². The highest BCUT2D eigenvalue weighted by atomic mass is 16.5. The van der Waals surface area contributed by atoms with Crippen molar-refractivity contribution in [2.24, 2.45) is 0 Å². The SMILES string of the molecule is Cc1cc(C)c(C(=O)NC2(C)CCOC2C)cc1N. The number of nitrogen functional groups attached to an aromatic ring is 1. The van der Waals surface area contributed by atoms with Gasteiger partial charge in [-0.05, 0) is 51.3 Å². The number of nitrogens with two attached hydrogens (primary N) is 1. The van der Waals surface area contributed by atoms with E-state index in [0.29, 0.717) is 17.9 Å². The van der Waals surface area contributed by atoms with Crippen molar-refractivity contribution in [3.63, 3.8) is 0 Å². The minimum Gasteiger partial charge on any atom is -0.398 e. The van der Waals surface area contributed by atoms with Crippen LogP contribution < -0.4 is 11.1 Å². The van der Waals surface area contributed by atoms with Crippen molar-refractivity contribution in [2.45, 2.75) is 45.8 Å². The lowest BCUT2D eigenvalue weighted by Gasteiger charge is -2.29. The van der Waals surface area contributed by atoms with Gasteiger partial charge in [0, 0.05) is 17.9 Å². The monoisotopic (exact) mass is 262 g/mol. The summed E-state index contributed by atoms with van der Waals surface area (Å²) in [6, 6.07) is 3.70. The number of aryl methyl sites for hydroxylation is 2. The molecule has 0 saturated carbocycles. The smallest absolute Gasteiger partial charge is 0.252 e. The van der Waals surface area contributed by atoms with Crippen LogP contribution in [0.4, 0.5) is 5.69 Å². The number of benzene rings is 1. The molecule has 4 nitrogen and oxygen atoms in total.